The van der Waals surface area contributed by atoms with Crippen LogP contribution in [0.4, 0.5) is 40.8 Å². The van der Waals surface area contributed by atoms with Gasteiger partial charge in [0, 0.05) is 18.2 Å². The van der Waals surface area contributed by atoms with Gasteiger partial charge >= 0.3 is 18.0 Å². The number of nitrogens with one attached hydrogen (secondary N) is 2. The van der Waals surface area contributed by atoms with E-state index in [1.54, 1.807) is 0 Å². The summed E-state index contributed by atoms with van der Waals surface area (Å²) in [6.45, 7) is -0.422. The van der Waals surface area contributed by atoms with Crippen LogP contribution in [0.1, 0.15) is 12.1 Å². The van der Waals surface area contributed by atoms with Gasteiger partial charge in [-0.05, 0) is 12.1 Å². The van der Waals surface area contributed by atoms with Gasteiger partial charge in [0.2, 0.25) is 11.7 Å². The number of H-pyrrole nitrogens is 1. The van der Waals surface area contributed by atoms with Crippen molar-refractivity contribution in [3.8, 4) is 41.9 Å². The second kappa shape index (κ2) is 15.3. The van der Waals surface area contributed by atoms with Gasteiger partial charge in [-0.15, -0.1) is 12.8 Å². The van der Waals surface area contributed by atoms with Crippen LogP contribution in [0.15, 0.2) is 39.9 Å². The minimum absolute atomic E-state index is 0.0709. The molecule has 244 valence electrons. The van der Waals surface area contributed by atoms with Crippen molar-refractivity contribution in [3.63, 3.8) is 0 Å². The topological polar surface area (TPSA) is 119 Å². The first kappa shape index (κ1) is 37.2. The van der Waals surface area contributed by atoms with Gasteiger partial charge in [-0.25, -0.2) is 18.1 Å². The number of rotatable bonds is 8. The van der Waals surface area contributed by atoms with E-state index in [-0.39, 0.29) is 45.4 Å². The van der Waals surface area contributed by atoms with Crippen LogP contribution in [0.5, 0.6) is 11.5 Å². The zero-order valence-corrected chi connectivity index (χ0v) is 23.9. The first-order chi connectivity index (χ1) is 21.3. The number of carbonyl (C=O) groups excluding carboxylic acids is 2. The van der Waals surface area contributed by atoms with E-state index in [0.29, 0.717) is 0 Å². The smallest absolute Gasteiger partial charge is 0.450 e. The van der Waals surface area contributed by atoms with Gasteiger partial charge in [0.15, 0.2) is 0 Å². The fourth-order valence-corrected chi connectivity index (χ4v) is 3.50. The predicted octanol–water partition coefficient (Wildman–Crippen LogP) is 5.30. The number of anilines is 1. The Hall–Kier alpha value is -5.00. The maximum absolute atomic E-state index is 14.0. The van der Waals surface area contributed by atoms with Crippen LogP contribution >= 0.6 is 23.2 Å². The lowest BCUT2D eigenvalue weighted by molar-refractivity contribution is -0.171. The standard InChI is InChI=1S/C14H7ClF4N2O3.C13H8ClF4NO3/c1-2-3-24-10-5-9(8(16)4-7(10)15)21-12(22)6-11(14(17,18)19)20-13(21)23;1-2-3-22-10-5-9(8(15)4-7(10)14)19-12(21)6-11(20)13(16,17)18/h1,4-6H,3H2,(H,20,23);1,4-5H,3,6H2,(H,19,21). The molecule has 0 saturated carbocycles. The highest BCUT2D eigenvalue weighted by atomic mass is 35.5. The molecule has 0 atom stereocenters. The SMILES string of the molecule is C#CCOc1cc(-n2c(=O)cc(C(F)(F)F)[nH]c2=O)c(F)cc1Cl.C#CCOc1cc(NC(=O)CC(=O)C(F)(F)F)c(F)cc1Cl. The average molecular weight is 700 g/mol. The molecule has 19 heteroatoms. The lowest BCUT2D eigenvalue weighted by atomic mass is 10.2. The van der Waals surface area contributed by atoms with E-state index in [0.717, 1.165) is 24.3 Å². The van der Waals surface area contributed by atoms with Crippen LogP contribution in [0.25, 0.3) is 5.69 Å². The quantitative estimate of drug-likeness (QED) is 0.187. The molecule has 0 fully saturated rings. The number of amides is 1. The number of benzene rings is 2. The number of carbonyl (C=O) groups is 2. The second-order valence-electron chi connectivity index (χ2n) is 8.29. The van der Waals surface area contributed by atoms with Crippen molar-refractivity contribution in [2.75, 3.05) is 18.5 Å². The second-order valence-corrected chi connectivity index (χ2v) is 9.10. The molecule has 1 aromatic heterocycles. The summed E-state index contributed by atoms with van der Waals surface area (Å²) in [6, 6.07) is 3.50. The molecule has 2 N–H and O–H groups in total. The Morgan fingerprint density at radius 3 is 1.87 bits per heavy atom. The molecule has 0 aliphatic carbocycles. The molecule has 0 saturated heterocycles. The molecule has 0 radical (unpaired) electrons. The Labute approximate surface area is 262 Å². The maximum atomic E-state index is 14.0. The number of alkyl halides is 6. The van der Waals surface area contributed by atoms with Crippen LogP contribution in [-0.4, -0.2) is 40.6 Å². The van der Waals surface area contributed by atoms with Gasteiger partial charge in [0.05, 0.1) is 27.8 Å². The maximum Gasteiger partial charge on any atom is 0.450 e. The van der Waals surface area contributed by atoms with Gasteiger partial charge < -0.3 is 19.8 Å². The summed E-state index contributed by atoms with van der Waals surface area (Å²) in [5.41, 5.74) is -5.52. The largest absolute Gasteiger partial charge is 0.479 e. The highest BCUT2D eigenvalue weighted by Gasteiger charge is 2.39. The summed E-state index contributed by atoms with van der Waals surface area (Å²) in [5.74, 6) is -1.65. The summed E-state index contributed by atoms with van der Waals surface area (Å²) in [6.07, 6.45) is -1.57. The van der Waals surface area contributed by atoms with Gasteiger partial charge in [-0.3, -0.25) is 14.4 Å². The number of nitrogens with zero attached hydrogens (tertiary/aromatic N) is 1. The van der Waals surface area contributed by atoms with Crippen molar-refractivity contribution in [2.45, 2.75) is 18.8 Å². The Bertz CT molecular complexity index is 1810. The van der Waals surface area contributed by atoms with Crippen molar-refractivity contribution in [1.29, 1.82) is 0 Å². The number of Topliss-reactive ketones (excluding diaryl/α,β-unsaturated/α-hetero) is 1. The van der Waals surface area contributed by atoms with Crippen molar-refractivity contribution in [2.24, 2.45) is 0 Å². The summed E-state index contributed by atoms with van der Waals surface area (Å²) >= 11 is 11.4. The first-order valence-electron chi connectivity index (χ1n) is 11.7. The molecule has 46 heavy (non-hydrogen) atoms. The molecule has 9 nitrogen and oxygen atoms in total. The predicted molar refractivity (Wildman–Crippen MR) is 147 cm³/mol. The van der Waals surface area contributed by atoms with Crippen molar-refractivity contribution < 1.29 is 54.2 Å². The molecule has 0 aliphatic heterocycles. The molecule has 0 unspecified atom stereocenters. The minimum Gasteiger partial charge on any atom is -0.479 e. The van der Waals surface area contributed by atoms with E-state index in [1.807, 2.05) is 5.32 Å². The number of terminal acetylenes is 2. The minimum atomic E-state index is -5.14. The molecule has 1 amide bonds. The molecule has 1 heterocycles. The van der Waals surface area contributed by atoms with Crippen molar-refractivity contribution in [3.05, 3.63) is 78.5 Å². The van der Waals surface area contributed by atoms with E-state index < -0.39 is 70.4 Å². The highest BCUT2D eigenvalue weighted by Crippen LogP contribution is 2.31. The Morgan fingerprint density at radius 1 is 0.870 bits per heavy atom. The zero-order chi connectivity index (χ0) is 35.0. The number of hydrogen-bond acceptors (Lipinski definition) is 6. The number of aromatic amines is 1. The van der Waals surface area contributed by atoms with Crippen LogP contribution in [0, 0.1) is 36.3 Å². The zero-order valence-electron chi connectivity index (χ0n) is 22.3. The van der Waals surface area contributed by atoms with Gasteiger partial charge in [-0.2, -0.15) is 26.3 Å². The fraction of sp³-hybridized carbons (Fsp3) is 0.185. The number of hydrogen-bond donors (Lipinski definition) is 2. The van der Waals surface area contributed by atoms with Gasteiger partial charge in [0.25, 0.3) is 5.56 Å². The molecule has 0 bridgehead atoms. The lowest BCUT2D eigenvalue weighted by Gasteiger charge is -2.12. The van der Waals surface area contributed by atoms with E-state index in [2.05, 4.69) is 11.8 Å². The highest BCUT2D eigenvalue weighted by molar-refractivity contribution is 6.32. The number of ketones is 1. The fourth-order valence-electron chi connectivity index (χ4n) is 3.09. The van der Waals surface area contributed by atoms with E-state index in [1.165, 1.54) is 4.98 Å². The molecular weight excluding hydrogens is 685 g/mol. The Kier molecular flexibility index (Phi) is 12.4. The lowest BCUT2D eigenvalue weighted by Crippen LogP contribution is -2.36. The molecular formula is C27H15Cl2F8N3O6. The third kappa shape index (κ3) is 10.0. The van der Waals surface area contributed by atoms with Crippen molar-refractivity contribution in [1.82, 2.24) is 9.55 Å². The van der Waals surface area contributed by atoms with E-state index in [9.17, 15) is 54.3 Å². The number of ether oxygens (including phenoxy) is 2. The third-order valence-electron chi connectivity index (χ3n) is 5.04. The van der Waals surface area contributed by atoms with Gasteiger partial charge in [0.1, 0.15) is 42.0 Å². The van der Waals surface area contributed by atoms with E-state index in [4.69, 9.17) is 45.5 Å². The first-order valence-corrected chi connectivity index (χ1v) is 12.5. The Balaban J connectivity index is 0.000000322. The van der Waals surface area contributed by atoms with Crippen LogP contribution < -0.4 is 26.0 Å². The molecule has 3 rings (SSSR count). The Morgan fingerprint density at radius 2 is 1.39 bits per heavy atom. The average Bonchev–Trinajstić information content (AvgIpc) is 2.93. The molecule has 0 spiro atoms. The van der Waals surface area contributed by atoms with Crippen LogP contribution in [0.2, 0.25) is 10.0 Å². The molecule has 3 aromatic rings. The molecule has 2 aromatic carbocycles. The summed E-state index contributed by atoms with van der Waals surface area (Å²) in [4.78, 5) is 47.1. The van der Waals surface area contributed by atoms with Crippen LogP contribution in [-0.2, 0) is 15.8 Å². The summed E-state index contributed by atoms with van der Waals surface area (Å²) < 4.78 is 112. The number of aromatic nitrogens is 2. The third-order valence-corrected chi connectivity index (χ3v) is 5.63. The number of halogens is 10. The van der Waals surface area contributed by atoms with E-state index >= 15 is 0 Å². The summed E-state index contributed by atoms with van der Waals surface area (Å²) in [7, 11) is 0. The molecule has 0 aliphatic rings. The monoisotopic (exact) mass is 699 g/mol. The van der Waals surface area contributed by atoms with Crippen molar-refractivity contribution >= 4 is 40.6 Å². The normalized spacial score (nSPS) is 11.0. The summed E-state index contributed by atoms with van der Waals surface area (Å²) in [5, 5.41) is 1.50. The van der Waals surface area contributed by atoms with Crippen LogP contribution in [0.3, 0.4) is 0 Å². The van der Waals surface area contributed by atoms with Gasteiger partial charge in [-0.1, -0.05) is 35.0 Å².